The van der Waals surface area contributed by atoms with E-state index in [2.05, 4.69) is 62.3 Å². The number of nitrogens with zero attached hydrogens (tertiary/aromatic N) is 1. The minimum atomic E-state index is 0.0358. The molecule has 1 heterocycles. The number of hydrogen-bond donors (Lipinski definition) is 1. The van der Waals surface area contributed by atoms with Crippen molar-refractivity contribution in [3.8, 4) is 11.3 Å². The summed E-state index contributed by atoms with van der Waals surface area (Å²) in [4.78, 5) is 4.67. The van der Waals surface area contributed by atoms with Crippen molar-refractivity contribution in [1.82, 2.24) is 4.98 Å². The van der Waals surface area contributed by atoms with Crippen LogP contribution in [0.4, 0.5) is 0 Å². The number of nitrogens with two attached hydrogens (primary N) is 1. The highest BCUT2D eigenvalue weighted by molar-refractivity contribution is 7.10. The van der Waals surface area contributed by atoms with Gasteiger partial charge < -0.3 is 5.73 Å². The van der Waals surface area contributed by atoms with Gasteiger partial charge in [0, 0.05) is 10.9 Å². The van der Waals surface area contributed by atoms with E-state index in [1.807, 2.05) is 0 Å². The molecule has 3 heteroatoms. The van der Waals surface area contributed by atoms with Crippen LogP contribution in [0.5, 0.6) is 0 Å². The van der Waals surface area contributed by atoms with Crippen LogP contribution in [0.3, 0.4) is 0 Å². The quantitative estimate of drug-likeness (QED) is 0.885. The number of hydrogen-bond acceptors (Lipinski definition) is 3. The lowest BCUT2D eigenvalue weighted by molar-refractivity contribution is 0.512. The molecule has 0 spiro atoms. The molecule has 1 unspecified atom stereocenters. The Morgan fingerprint density at radius 1 is 1.05 bits per heavy atom. The lowest BCUT2D eigenvalue weighted by atomic mass is 10.0. The molecule has 19 heavy (non-hydrogen) atoms. The summed E-state index contributed by atoms with van der Waals surface area (Å²) in [6, 6.07) is 8.70. The lowest BCUT2D eigenvalue weighted by Crippen LogP contribution is -2.16. The van der Waals surface area contributed by atoms with E-state index in [1.165, 1.54) is 11.1 Å². The molecule has 1 atom stereocenters. The second-order valence-corrected chi connectivity index (χ2v) is 6.51. The van der Waals surface area contributed by atoms with Crippen LogP contribution in [0.1, 0.15) is 50.2 Å². The van der Waals surface area contributed by atoms with Crippen LogP contribution in [0.15, 0.2) is 29.6 Å². The van der Waals surface area contributed by atoms with Gasteiger partial charge in [0.25, 0.3) is 0 Å². The third kappa shape index (κ3) is 3.23. The Kier molecular flexibility index (Phi) is 4.38. The molecular weight excluding hydrogens is 252 g/mol. The predicted octanol–water partition coefficient (Wildman–Crippen LogP) is 4.59. The van der Waals surface area contributed by atoms with E-state index in [4.69, 9.17) is 5.73 Å². The largest absolute Gasteiger partial charge is 0.322 e. The van der Waals surface area contributed by atoms with Gasteiger partial charge in [-0.3, -0.25) is 0 Å². The van der Waals surface area contributed by atoms with Gasteiger partial charge in [0.1, 0.15) is 5.01 Å². The molecule has 102 valence electrons. The SMILES string of the molecule is CC(C)c1ccc(-c2csc(C(N)C(C)C)n2)cc1. The van der Waals surface area contributed by atoms with Crippen LogP contribution in [-0.4, -0.2) is 4.98 Å². The minimum absolute atomic E-state index is 0.0358. The highest BCUT2D eigenvalue weighted by Crippen LogP contribution is 2.28. The molecule has 0 aliphatic heterocycles. The Morgan fingerprint density at radius 2 is 1.68 bits per heavy atom. The molecule has 1 aromatic heterocycles. The Morgan fingerprint density at radius 3 is 2.21 bits per heavy atom. The number of benzene rings is 1. The Balaban J connectivity index is 2.23. The Hall–Kier alpha value is -1.19. The van der Waals surface area contributed by atoms with Gasteiger partial charge >= 0.3 is 0 Å². The van der Waals surface area contributed by atoms with Crippen molar-refractivity contribution in [2.75, 3.05) is 0 Å². The molecular formula is C16H22N2S. The summed E-state index contributed by atoms with van der Waals surface area (Å²) >= 11 is 1.66. The topological polar surface area (TPSA) is 38.9 Å². The Bertz CT molecular complexity index is 526. The van der Waals surface area contributed by atoms with Gasteiger partial charge in [0.05, 0.1) is 11.7 Å². The van der Waals surface area contributed by atoms with E-state index in [-0.39, 0.29) is 6.04 Å². The van der Waals surface area contributed by atoms with Crippen LogP contribution in [0.2, 0.25) is 0 Å². The summed E-state index contributed by atoms with van der Waals surface area (Å²) in [5.41, 5.74) is 9.70. The van der Waals surface area contributed by atoms with E-state index in [0.29, 0.717) is 11.8 Å². The van der Waals surface area contributed by atoms with Crippen molar-refractivity contribution in [2.24, 2.45) is 11.7 Å². The van der Waals surface area contributed by atoms with Gasteiger partial charge in [-0.2, -0.15) is 0 Å². The maximum absolute atomic E-state index is 6.14. The standard InChI is InChI=1S/C16H22N2S/c1-10(2)12-5-7-13(8-6-12)14-9-19-16(18-14)15(17)11(3)4/h5-11,15H,17H2,1-4H3. The predicted molar refractivity (Wildman–Crippen MR) is 83.4 cm³/mol. The number of aromatic nitrogens is 1. The van der Waals surface area contributed by atoms with E-state index in [0.717, 1.165) is 10.7 Å². The number of thiazole rings is 1. The summed E-state index contributed by atoms with van der Waals surface area (Å²) in [6.45, 7) is 8.67. The maximum atomic E-state index is 6.14. The van der Waals surface area contributed by atoms with Gasteiger partial charge in [0.2, 0.25) is 0 Å². The zero-order valence-electron chi connectivity index (χ0n) is 12.1. The normalized spacial score (nSPS) is 13.2. The molecule has 0 radical (unpaired) electrons. The minimum Gasteiger partial charge on any atom is -0.322 e. The first-order chi connectivity index (χ1) is 8.99. The average Bonchev–Trinajstić information content (AvgIpc) is 2.87. The Labute approximate surface area is 119 Å². The monoisotopic (exact) mass is 274 g/mol. The van der Waals surface area contributed by atoms with Gasteiger partial charge in [0.15, 0.2) is 0 Å². The molecule has 2 N–H and O–H groups in total. The summed E-state index contributed by atoms with van der Waals surface area (Å²) in [5, 5.41) is 3.13. The zero-order chi connectivity index (χ0) is 14.0. The highest BCUT2D eigenvalue weighted by atomic mass is 32.1. The fourth-order valence-electron chi connectivity index (χ4n) is 1.90. The van der Waals surface area contributed by atoms with Gasteiger partial charge in [-0.25, -0.2) is 4.98 Å². The van der Waals surface area contributed by atoms with Crippen molar-refractivity contribution in [3.63, 3.8) is 0 Å². The van der Waals surface area contributed by atoms with Crippen molar-refractivity contribution < 1.29 is 0 Å². The second kappa shape index (κ2) is 5.85. The smallest absolute Gasteiger partial charge is 0.110 e. The first-order valence-electron chi connectivity index (χ1n) is 6.80. The van der Waals surface area contributed by atoms with E-state index in [1.54, 1.807) is 11.3 Å². The van der Waals surface area contributed by atoms with Crippen molar-refractivity contribution >= 4 is 11.3 Å². The van der Waals surface area contributed by atoms with Crippen LogP contribution in [-0.2, 0) is 0 Å². The van der Waals surface area contributed by atoms with Gasteiger partial charge in [-0.15, -0.1) is 11.3 Å². The molecule has 0 aliphatic carbocycles. The third-order valence-corrected chi connectivity index (χ3v) is 4.34. The van der Waals surface area contributed by atoms with Crippen LogP contribution >= 0.6 is 11.3 Å². The van der Waals surface area contributed by atoms with Crippen LogP contribution < -0.4 is 5.73 Å². The third-order valence-electron chi connectivity index (χ3n) is 3.40. The molecule has 0 aliphatic rings. The van der Waals surface area contributed by atoms with Crippen LogP contribution in [0.25, 0.3) is 11.3 Å². The van der Waals surface area contributed by atoms with Crippen molar-refractivity contribution in [1.29, 1.82) is 0 Å². The van der Waals surface area contributed by atoms with E-state index < -0.39 is 0 Å². The fraction of sp³-hybridized carbons (Fsp3) is 0.438. The molecule has 0 amide bonds. The highest BCUT2D eigenvalue weighted by Gasteiger charge is 2.15. The van der Waals surface area contributed by atoms with E-state index >= 15 is 0 Å². The molecule has 2 aromatic rings. The molecule has 2 rings (SSSR count). The maximum Gasteiger partial charge on any atom is 0.110 e. The number of rotatable bonds is 4. The molecule has 0 saturated carbocycles. The van der Waals surface area contributed by atoms with Crippen LogP contribution in [0, 0.1) is 5.92 Å². The molecule has 1 aromatic carbocycles. The molecule has 2 nitrogen and oxygen atoms in total. The zero-order valence-corrected chi connectivity index (χ0v) is 12.9. The average molecular weight is 274 g/mol. The second-order valence-electron chi connectivity index (χ2n) is 5.62. The summed E-state index contributed by atoms with van der Waals surface area (Å²) < 4.78 is 0. The van der Waals surface area contributed by atoms with Gasteiger partial charge in [-0.05, 0) is 17.4 Å². The lowest BCUT2D eigenvalue weighted by Gasteiger charge is -2.11. The van der Waals surface area contributed by atoms with Gasteiger partial charge in [-0.1, -0.05) is 52.0 Å². The summed E-state index contributed by atoms with van der Waals surface area (Å²) in [5.74, 6) is 0.983. The first-order valence-corrected chi connectivity index (χ1v) is 7.68. The molecule has 0 saturated heterocycles. The van der Waals surface area contributed by atoms with Crippen molar-refractivity contribution in [3.05, 3.63) is 40.2 Å². The van der Waals surface area contributed by atoms with E-state index in [9.17, 15) is 0 Å². The fourth-order valence-corrected chi connectivity index (χ4v) is 2.90. The van der Waals surface area contributed by atoms with Crippen molar-refractivity contribution in [2.45, 2.75) is 39.7 Å². The molecule has 0 fully saturated rings. The first kappa shape index (κ1) is 14.2. The summed E-state index contributed by atoms with van der Waals surface area (Å²) in [7, 11) is 0. The molecule has 0 bridgehead atoms. The summed E-state index contributed by atoms with van der Waals surface area (Å²) in [6.07, 6.45) is 0.